The van der Waals surface area contributed by atoms with Crippen LogP contribution < -0.4 is 5.32 Å². The fourth-order valence-corrected chi connectivity index (χ4v) is 3.01. The summed E-state index contributed by atoms with van der Waals surface area (Å²) in [6.07, 6.45) is 9.34. The molecular weight excluding hydrogens is 234 g/mol. The van der Waals surface area contributed by atoms with Crippen molar-refractivity contribution in [1.29, 1.82) is 0 Å². The molecule has 0 amide bonds. The van der Waals surface area contributed by atoms with Gasteiger partial charge in [-0.05, 0) is 37.3 Å². The minimum Gasteiger partial charge on any atom is -0.336 e. The monoisotopic (exact) mass is 255 g/mol. The van der Waals surface area contributed by atoms with Crippen LogP contribution in [0.5, 0.6) is 0 Å². The van der Waals surface area contributed by atoms with Gasteiger partial charge >= 0.3 is 0 Å². The maximum atomic E-state index is 4.09. The van der Waals surface area contributed by atoms with Crippen molar-refractivity contribution in [2.24, 2.45) is 0 Å². The number of imidazole rings is 1. The van der Waals surface area contributed by atoms with E-state index in [9.17, 15) is 0 Å². The molecule has 0 saturated heterocycles. The van der Waals surface area contributed by atoms with Crippen LogP contribution in [0, 0.1) is 0 Å². The highest BCUT2D eigenvalue weighted by Gasteiger charge is 2.19. The lowest BCUT2D eigenvalue weighted by atomic mass is 9.88. The fraction of sp³-hybridized carbons (Fsp3) is 0.438. The maximum Gasteiger partial charge on any atom is 0.0946 e. The molecule has 0 saturated carbocycles. The smallest absolute Gasteiger partial charge is 0.0946 e. The Balaban J connectivity index is 1.57. The predicted octanol–water partition coefficient (Wildman–Crippen LogP) is 2.42. The van der Waals surface area contributed by atoms with Gasteiger partial charge in [-0.2, -0.15) is 0 Å². The van der Waals surface area contributed by atoms with Crippen LogP contribution >= 0.6 is 0 Å². The summed E-state index contributed by atoms with van der Waals surface area (Å²) in [4.78, 5) is 4.09. The molecule has 3 nitrogen and oxygen atoms in total. The van der Waals surface area contributed by atoms with E-state index in [0.29, 0.717) is 12.1 Å². The molecule has 3 rings (SSSR count). The van der Waals surface area contributed by atoms with Gasteiger partial charge in [0.1, 0.15) is 0 Å². The van der Waals surface area contributed by atoms with E-state index >= 15 is 0 Å². The third-order valence-corrected chi connectivity index (χ3v) is 3.91. The van der Waals surface area contributed by atoms with Crippen molar-refractivity contribution in [2.45, 2.75) is 44.8 Å². The first-order valence-electron chi connectivity index (χ1n) is 7.10. The zero-order valence-corrected chi connectivity index (χ0v) is 11.4. The largest absolute Gasteiger partial charge is 0.336 e. The Bertz CT molecular complexity index is 519. The average Bonchev–Trinajstić information content (AvgIpc) is 2.91. The van der Waals surface area contributed by atoms with Crippen molar-refractivity contribution in [2.75, 3.05) is 0 Å². The first kappa shape index (κ1) is 12.4. The third kappa shape index (κ3) is 3.04. The van der Waals surface area contributed by atoms with Crippen molar-refractivity contribution in [3.63, 3.8) is 0 Å². The predicted molar refractivity (Wildman–Crippen MR) is 77.1 cm³/mol. The number of nitrogens with one attached hydrogen (secondary N) is 1. The Morgan fingerprint density at radius 1 is 1.37 bits per heavy atom. The number of nitrogens with zero attached hydrogens (tertiary/aromatic N) is 2. The van der Waals surface area contributed by atoms with Crippen LogP contribution in [0.4, 0.5) is 0 Å². The Kier molecular flexibility index (Phi) is 3.65. The summed E-state index contributed by atoms with van der Waals surface area (Å²) >= 11 is 0. The average molecular weight is 255 g/mol. The number of hydrogen-bond acceptors (Lipinski definition) is 2. The Morgan fingerprint density at radius 2 is 2.21 bits per heavy atom. The number of rotatable bonds is 4. The Morgan fingerprint density at radius 3 is 3.00 bits per heavy atom. The quantitative estimate of drug-likeness (QED) is 0.909. The van der Waals surface area contributed by atoms with Gasteiger partial charge in [0.25, 0.3) is 0 Å². The lowest BCUT2D eigenvalue weighted by molar-refractivity contribution is 0.379. The lowest BCUT2D eigenvalue weighted by Crippen LogP contribution is -2.42. The number of aryl methyl sites for hydroxylation is 1. The van der Waals surface area contributed by atoms with Gasteiger partial charge < -0.3 is 9.88 Å². The molecule has 0 unspecified atom stereocenters. The molecule has 1 heterocycles. The van der Waals surface area contributed by atoms with E-state index in [1.165, 1.54) is 24.0 Å². The molecule has 3 heteroatoms. The van der Waals surface area contributed by atoms with E-state index in [1.54, 1.807) is 0 Å². The molecule has 0 radical (unpaired) electrons. The molecule has 1 aromatic carbocycles. The van der Waals surface area contributed by atoms with Gasteiger partial charge in [-0.15, -0.1) is 0 Å². The summed E-state index contributed by atoms with van der Waals surface area (Å²) in [5.74, 6) is 0. The van der Waals surface area contributed by atoms with E-state index in [1.807, 2.05) is 18.7 Å². The summed E-state index contributed by atoms with van der Waals surface area (Å²) in [5.41, 5.74) is 3.05. The van der Waals surface area contributed by atoms with Crippen molar-refractivity contribution in [3.05, 3.63) is 54.1 Å². The first-order chi connectivity index (χ1) is 9.31. The lowest BCUT2D eigenvalue weighted by Gasteiger charge is -2.28. The van der Waals surface area contributed by atoms with Crippen molar-refractivity contribution < 1.29 is 0 Å². The van der Waals surface area contributed by atoms with E-state index in [2.05, 4.69) is 46.1 Å². The summed E-state index contributed by atoms with van der Waals surface area (Å²) in [6, 6.07) is 9.91. The normalized spacial score (nSPS) is 19.9. The molecule has 1 N–H and O–H groups in total. The van der Waals surface area contributed by atoms with E-state index < -0.39 is 0 Å². The number of aromatic nitrogens is 2. The molecule has 0 fully saturated rings. The molecule has 2 aromatic rings. The molecular formula is C16H21N3. The van der Waals surface area contributed by atoms with Crippen LogP contribution in [0.2, 0.25) is 0 Å². The minimum atomic E-state index is 0.476. The second-order valence-electron chi connectivity index (χ2n) is 5.54. The highest BCUT2D eigenvalue weighted by atomic mass is 15.1. The van der Waals surface area contributed by atoms with Crippen LogP contribution in [0.15, 0.2) is 43.0 Å². The molecule has 1 aliphatic carbocycles. The highest BCUT2D eigenvalue weighted by molar-refractivity contribution is 5.30. The van der Waals surface area contributed by atoms with Crippen LogP contribution in [0.25, 0.3) is 0 Å². The molecule has 0 spiro atoms. The number of fused-ring (bicyclic) bond motifs is 1. The van der Waals surface area contributed by atoms with Gasteiger partial charge in [0.15, 0.2) is 0 Å². The molecule has 100 valence electrons. The van der Waals surface area contributed by atoms with Crippen molar-refractivity contribution in [1.82, 2.24) is 14.9 Å². The van der Waals surface area contributed by atoms with Crippen LogP contribution in [0.1, 0.15) is 24.5 Å². The van der Waals surface area contributed by atoms with Crippen LogP contribution in [-0.2, 0) is 19.4 Å². The van der Waals surface area contributed by atoms with Gasteiger partial charge in [-0.3, -0.25) is 0 Å². The highest BCUT2D eigenvalue weighted by Crippen LogP contribution is 2.21. The van der Waals surface area contributed by atoms with Crippen molar-refractivity contribution >= 4 is 0 Å². The summed E-state index contributed by atoms with van der Waals surface area (Å²) in [6.45, 7) is 3.23. The maximum absolute atomic E-state index is 4.09. The van der Waals surface area contributed by atoms with Gasteiger partial charge in [0, 0.05) is 31.0 Å². The van der Waals surface area contributed by atoms with Gasteiger partial charge in [-0.1, -0.05) is 24.3 Å². The van der Waals surface area contributed by atoms with Crippen molar-refractivity contribution in [3.8, 4) is 0 Å². The zero-order chi connectivity index (χ0) is 13.1. The zero-order valence-electron chi connectivity index (χ0n) is 11.4. The minimum absolute atomic E-state index is 0.476. The Labute approximate surface area is 114 Å². The van der Waals surface area contributed by atoms with E-state index in [0.717, 1.165) is 13.0 Å². The summed E-state index contributed by atoms with van der Waals surface area (Å²) in [5, 5.41) is 3.75. The summed E-state index contributed by atoms with van der Waals surface area (Å²) in [7, 11) is 0. The summed E-state index contributed by atoms with van der Waals surface area (Å²) < 4.78 is 2.13. The van der Waals surface area contributed by atoms with Gasteiger partial charge in [0.05, 0.1) is 6.33 Å². The molecule has 2 atom stereocenters. The second kappa shape index (κ2) is 5.57. The topological polar surface area (TPSA) is 29.9 Å². The second-order valence-corrected chi connectivity index (χ2v) is 5.54. The molecule has 0 bridgehead atoms. The first-order valence-corrected chi connectivity index (χ1v) is 7.10. The standard InChI is InChI=1S/C16H21N3/c1-13(11-19-9-8-17-12-19)18-16-7-6-14-4-2-3-5-15(14)10-16/h2-5,8-9,12-13,16,18H,6-7,10-11H2,1H3/t13-,16-/m1/s1. The molecule has 0 aliphatic heterocycles. The fourth-order valence-electron chi connectivity index (χ4n) is 3.01. The van der Waals surface area contributed by atoms with Crippen LogP contribution in [-0.4, -0.2) is 21.6 Å². The number of benzene rings is 1. The van der Waals surface area contributed by atoms with Gasteiger partial charge in [0.2, 0.25) is 0 Å². The number of hydrogen-bond donors (Lipinski definition) is 1. The molecule has 1 aliphatic rings. The molecule has 1 aromatic heterocycles. The SMILES string of the molecule is C[C@H](Cn1ccnc1)N[C@@H]1CCc2ccccc2C1. The van der Waals surface area contributed by atoms with Crippen LogP contribution in [0.3, 0.4) is 0 Å². The van der Waals surface area contributed by atoms with E-state index in [4.69, 9.17) is 0 Å². The molecule has 19 heavy (non-hydrogen) atoms. The van der Waals surface area contributed by atoms with Gasteiger partial charge in [-0.25, -0.2) is 4.98 Å². The Hall–Kier alpha value is -1.61. The third-order valence-electron chi connectivity index (χ3n) is 3.91. The van der Waals surface area contributed by atoms with E-state index in [-0.39, 0.29) is 0 Å².